The normalized spacial score (nSPS) is 30.2. The van der Waals surface area contributed by atoms with Crippen molar-refractivity contribution in [3.05, 3.63) is 42.0 Å². The van der Waals surface area contributed by atoms with Gasteiger partial charge in [0.15, 0.2) is 6.10 Å². The Balaban J connectivity index is 1.70. The number of aliphatic hydroxyl groups excluding tert-OH is 1. The van der Waals surface area contributed by atoms with Crippen LogP contribution in [0.25, 0.3) is 0 Å². The number of carbonyl (C=O) groups excluding carboxylic acids is 1. The van der Waals surface area contributed by atoms with Crippen LogP contribution in [0.4, 0.5) is 0 Å². The maximum atomic E-state index is 12.3. The van der Waals surface area contributed by atoms with Crippen molar-refractivity contribution in [3.63, 3.8) is 0 Å². The fourth-order valence-corrected chi connectivity index (χ4v) is 3.61. The van der Waals surface area contributed by atoms with Crippen LogP contribution in [0.2, 0.25) is 0 Å². The van der Waals surface area contributed by atoms with E-state index in [1.54, 1.807) is 38.1 Å². The van der Waals surface area contributed by atoms with Crippen molar-refractivity contribution >= 4 is 11.8 Å². The van der Waals surface area contributed by atoms with Crippen LogP contribution in [0.5, 0.6) is 5.75 Å². The van der Waals surface area contributed by atoms with Crippen LogP contribution in [0.3, 0.4) is 0 Å². The summed E-state index contributed by atoms with van der Waals surface area (Å²) in [5.41, 5.74) is 0.185. The molecule has 0 spiro atoms. The van der Waals surface area contributed by atoms with Gasteiger partial charge in [0.25, 0.3) is 0 Å². The second kappa shape index (κ2) is 6.10. The van der Waals surface area contributed by atoms with E-state index >= 15 is 0 Å². The van der Waals surface area contributed by atoms with E-state index in [0.29, 0.717) is 35.7 Å². The average molecular weight is 367 g/mol. The zero-order chi connectivity index (χ0) is 19.3. The van der Waals surface area contributed by atoms with Gasteiger partial charge in [-0.15, -0.1) is 11.7 Å². The van der Waals surface area contributed by atoms with Crippen molar-refractivity contribution in [3.8, 4) is 11.8 Å². The van der Waals surface area contributed by atoms with Gasteiger partial charge in [-0.3, -0.25) is 4.79 Å². The average Bonchev–Trinajstić information content (AvgIpc) is 3.43. The topological polar surface area (TPSA) is 95.2 Å². The van der Waals surface area contributed by atoms with E-state index in [9.17, 15) is 15.2 Å². The van der Waals surface area contributed by atoms with Gasteiger partial charge >= 0.3 is 0 Å². The minimum absolute atomic E-state index is 0.0210. The summed E-state index contributed by atoms with van der Waals surface area (Å²) in [5, 5.41) is 25.8. The SMILES string of the molecule is C=CCN1N=C(O[C@@H]2c3cc(C#N)ccc3OC(C)(C)[C@H]2O)[C@H]2C[C@H]2C1=O. The minimum Gasteiger partial charge on any atom is -0.485 e. The van der Waals surface area contributed by atoms with Crippen LogP contribution in [0.15, 0.2) is 36.0 Å². The van der Waals surface area contributed by atoms with Crippen LogP contribution in [0, 0.1) is 23.2 Å². The van der Waals surface area contributed by atoms with Crippen molar-refractivity contribution in [2.45, 2.75) is 38.1 Å². The highest BCUT2D eigenvalue weighted by Crippen LogP contribution is 2.48. The third kappa shape index (κ3) is 2.86. The first-order valence-corrected chi connectivity index (χ1v) is 8.94. The molecule has 1 N–H and O–H groups in total. The van der Waals surface area contributed by atoms with E-state index in [0.717, 1.165) is 0 Å². The first-order valence-electron chi connectivity index (χ1n) is 8.94. The lowest BCUT2D eigenvalue weighted by atomic mass is 9.87. The zero-order valence-corrected chi connectivity index (χ0v) is 15.3. The number of benzene rings is 1. The minimum atomic E-state index is -0.968. The standard InChI is InChI=1S/C20H21N3O4/c1-4-7-23-19(25)13-9-12(13)18(22-23)26-16-14-8-11(10-21)5-6-15(14)27-20(2,3)17(16)24/h4-6,8,12-13,16-17,24H,1,7,9H2,2-3H3/t12-,13+,16+,17-/m0/s1. The summed E-state index contributed by atoms with van der Waals surface area (Å²) in [5.74, 6) is 0.813. The molecule has 2 aliphatic heterocycles. The van der Waals surface area contributed by atoms with Gasteiger partial charge in [0.2, 0.25) is 11.8 Å². The molecule has 1 aliphatic carbocycles. The quantitative estimate of drug-likeness (QED) is 0.826. The van der Waals surface area contributed by atoms with Gasteiger partial charge in [0, 0.05) is 11.5 Å². The highest BCUT2D eigenvalue weighted by atomic mass is 16.5. The predicted octanol–water partition coefficient (Wildman–Crippen LogP) is 2.13. The van der Waals surface area contributed by atoms with Crippen molar-refractivity contribution in [2.24, 2.45) is 16.9 Å². The Hall–Kier alpha value is -2.85. The molecule has 0 radical (unpaired) electrons. The van der Waals surface area contributed by atoms with E-state index in [2.05, 4.69) is 17.7 Å². The van der Waals surface area contributed by atoms with E-state index in [1.807, 2.05) is 0 Å². The molecule has 7 heteroatoms. The van der Waals surface area contributed by atoms with E-state index in [1.165, 1.54) is 5.01 Å². The molecule has 0 saturated heterocycles. The molecule has 7 nitrogen and oxygen atoms in total. The molecule has 0 bridgehead atoms. The summed E-state index contributed by atoms with van der Waals surface area (Å²) in [7, 11) is 0. The predicted molar refractivity (Wildman–Crippen MR) is 96.6 cm³/mol. The number of nitriles is 1. The number of aliphatic hydroxyl groups is 1. The number of hydrogen-bond donors (Lipinski definition) is 1. The number of rotatable bonds is 3. The lowest BCUT2D eigenvalue weighted by Crippen LogP contribution is -2.50. The number of amides is 1. The van der Waals surface area contributed by atoms with Gasteiger partial charge in [-0.2, -0.15) is 5.26 Å². The summed E-state index contributed by atoms with van der Waals surface area (Å²) in [6.45, 7) is 7.53. The second-order valence-corrected chi connectivity index (χ2v) is 7.65. The highest BCUT2D eigenvalue weighted by Gasteiger charge is 2.54. The van der Waals surface area contributed by atoms with Crippen LogP contribution in [-0.2, 0) is 9.53 Å². The van der Waals surface area contributed by atoms with Crippen LogP contribution >= 0.6 is 0 Å². The van der Waals surface area contributed by atoms with Crippen LogP contribution in [0.1, 0.15) is 37.5 Å². The molecule has 4 rings (SSSR count). The Morgan fingerprint density at radius 2 is 2.30 bits per heavy atom. The summed E-state index contributed by atoms with van der Waals surface area (Å²) in [6, 6.07) is 7.15. The Morgan fingerprint density at radius 1 is 1.52 bits per heavy atom. The van der Waals surface area contributed by atoms with Gasteiger partial charge in [0.05, 0.1) is 24.1 Å². The zero-order valence-electron chi connectivity index (χ0n) is 15.3. The molecule has 1 amide bonds. The van der Waals surface area contributed by atoms with Gasteiger partial charge in [0.1, 0.15) is 17.5 Å². The number of nitrogens with zero attached hydrogens (tertiary/aromatic N) is 3. The monoisotopic (exact) mass is 367 g/mol. The van der Waals surface area contributed by atoms with Crippen molar-refractivity contribution in [1.82, 2.24) is 5.01 Å². The lowest BCUT2D eigenvalue weighted by molar-refractivity contribution is -0.134. The molecule has 1 saturated carbocycles. The number of hydrogen-bond acceptors (Lipinski definition) is 6. The Bertz CT molecular complexity index is 886. The third-order valence-corrected chi connectivity index (χ3v) is 5.27. The highest BCUT2D eigenvalue weighted by molar-refractivity contribution is 5.96. The molecule has 4 atom stereocenters. The maximum absolute atomic E-state index is 12.3. The molecule has 0 unspecified atom stereocenters. The van der Waals surface area contributed by atoms with Gasteiger partial charge in [-0.1, -0.05) is 6.08 Å². The molecule has 140 valence electrons. The number of carbonyl (C=O) groups is 1. The summed E-state index contributed by atoms with van der Waals surface area (Å²) in [6.07, 6.45) is 0.599. The van der Waals surface area contributed by atoms with E-state index in [4.69, 9.17) is 9.47 Å². The molecule has 2 heterocycles. The largest absolute Gasteiger partial charge is 0.485 e. The summed E-state index contributed by atoms with van der Waals surface area (Å²) in [4.78, 5) is 12.3. The van der Waals surface area contributed by atoms with Crippen molar-refractivity contribution in [1.29, 1.82) is 5.26 Å². The first-order chi connectivity index (χ1) is 12.9. The molecule has 0 aromatic heterocycles. The fourth-order valence-electron chi connectivity index (χ4n) is 3.61. The maximum Gasteiger partial charge on any atom is 0.247 e. The van der Waals surface area contributed by atoms with Crippen LogP contribution in [-0.4, -0.2) is 40.2 Å². The first kappa shape index (κ1) is 17.6. The Morgan fingerprint density at radius 3 is 3.00 bits per heavy atom. The van der Waals surface area contributed by atoms with E-state index in [-0.39, 0.29) is 17.7 Å². The van der Waals surface area contributed by atoms with Gasteiger partial charge in [-0.25, -0.2) is 5.01 Å². The molecule has 1 aromatic rings. The summed E-state index contributed by atoms with van der Waals surface area (Å²) < 4.78 is 12.1. The molecule has 27 heavy (non-hydrogen) atoms. The Kier molecular flexibility index (Phi) is 3.97. The van der Waals surface area contributed by atoms with E-state index < -0.39 is 17.8 Å². The third-order valence-electron chi connectivity index (χ3n) is 5.27. The van der Waals surface area contributed by atoms with Crippen molar-refractivity contribution < 1.29 is 19.4 Å². The lowest BCUT2D eigenvalue weighted by Gasteiger charge is -2.42. The second-order valence-electron chi connectivity index (χ2n) is 7.65. The summed E-state index contributed by atoms with van der Waals surface area (Å²) >= 11 is 0. The van der Waals surface area contributed by atoms with Gasteiger partial charge < -0.3 is 14.6 Å². The fraction of sp³-hybridized carbons (Fsp3) is 0.450. The molecule has 1 fully saturated rings. The van der Waals surface area contributed by atoms with Crippen molar-refractivity contribution in [2.75, 3.05) is 6.54 Å². The Labute approximate surface area is 157 Å². The number of fused-ring (bicyclic) bond motifs is 2. The molecular weight excluding hydrogens is 346 g/mol. The number of hydrazone groups is 1. The van der Waals surface area contributed by atoms with Gasteiger partial charge in [-0.05, 0) is 38.5 Å². The molecule has 1 aromatic carbocycles. The van der Waals surface area contributed by atoms with Crippen LogP contribution < -0.4 is 4.74 Å². The molecule has 3 aliphatic rings. The number of ether oxygens (including phenoxy) is 2. The smallest absolute Gasteiger partial charge is 0.247 e. The molecular formula is C20H21N3O4.